The Morgan fingerprint density at radius 3 is 2.34 bits per heavy atom. The summed E-state index contributed by atoms with van der Waals surface area (Å²) >= 11 is 0. The molecule has 9 atom stereocenters. The molecule has 0 radical (unpaired) electrons. The first-order valence-corrected chi connectivity index (χ1v) is 18.1. The summed E-state index contributed by atoms with van der Waals surface area (Å²) in [5, 5.41) is 17.1. The molecule has 0 spiro atoms. The van der Waals surface area contributed by atoms with E-state index in [9.17, 15) is 19.5 Å². The number of hydrogen-bond acceptors (Lipinski definition) is 5. The summed E-state index contributed by atoms with van der Waals surface area (Å²) in [5.74, 6) is 1.18. The van der Waals surface area contributed by atoms with Gasteiger partial charge in [0, 0.05) is 30.0 Å². The number of hydrogen-bond donors (Lipinski definition) is 3. The third-order valence-corrected chi connectivity index (χ3v) is 15.1. The summed E-state index contributed by atoms with van der Waals surface area (Å²) in [7, 11) is 1.57. The van der Waals surface area contributed by atoms with Crippen LogP contribution >= 0.6 is 0 Å². The molecule has 1 unspecified atom stereocenters. The van der Waals surface area contributed by atoms with E-state index >= 15 is 0 Å². The molecule has 3 N–H and O–H groups in total. The molecule has 0 bridgehead atoms. The zero-order chi connectivity index (χ0) is 34.2. The van der Waals surface area contributed by atoms with Crippen LogP contribution in [-0.2, 0) is 9.59 Å². The van der Waals surface area contributed by atoms with E-state index in [2.05, 4.69) is 65.2 Å². The Labute approximate surface area is 282 Å². The van der Waals surface area contributed by atoms with Crippen molar-refractivity contribution < 1.29 is 24.2 Å². The van der Waals surface area contributed by atoms with E-state index in [-0.39, 0.29) is 62.6 Å². The number of fused-ring (bicyclic) bond motifs is 7. The van der Waals surface area contributed by atoms with Crippen molar-refractivity contribution in [3.8, 4) is 5.75 Å². The first-order valence-electron chi connectivity index (χ1n) is 18.1. The van der Waals surface area contributed by atoms with Gasteiger partial charge in [-0.1, -0.05) is 60.1 Å². The molecule has 2 amide bonds. The zero-order valence-electron chi connectivity index (χ0n) is 30.1. The largest absolute Gasteiger partial charge is 0.497 e. The predicted octanol–water partition coefficient (Wildman–Crippen LogP) is 6.88. The first kappa shape index (κ1) is 34.2. The fraction of sp³-hybridized carbons (Fsp3) is 0.725. The summed E-state index contributed by atoms with van der Waals surface area (Å²) < 4.78 is 5.23. The molecule has 7 heteroatoms. The number of benzene rings is 1. The summed E-state index contributed by atoms with van der Waals surface area (Å²) in [6.07, 6.45) is 10.1. The van der Waals surface area contributed by atoms with Crippen molar-refractivity contribution in [3.05, 3.63) is 41.5 Å². The number of amides is 2. The zero-order valence-corrected chi connectivity index (χ0v) is 30.1. The minimum atomic E-state index is -0.548. The smallest absolute Gasteiger partial charge is 0.251 e. The molecular weight excluding hydrogens is 588 g/mol. The van der Waals surface area contributed by atoms with Gasteiger partial charge in [0.1, 0.15) is 5.75 Å². The molecular formula is C40H58N2O5. The standard InChI is InChI=1S/C40H58N2O5/c1-35(2)30-12-15-40(7)32(38(30,5)14-13-31(35)44)29(43)23-27-28-24-37(4,17-16-36(28,3)18-19-39(27,40)6)34(46)42-21-20-41-33(45)25-10-9-11-26(22-25)47-8/h9-11,22-23,28,30-32,44H,12-21,24H2,1-8H3,(H,41,45)(H,42,46)/t28-,30?,31+,32-,36-,37+,38+,39-,40-/m1/s1. The van der Waals surface area contributed by atoms with Crippen molar-refractivity contribution in [3.63, 3.8) is 0 Å². The molecule has 5 aliphatic rings. The van der Waals surface area contributed by atoms with Crippen molar-refractivity contribution in [2.45, 2.75) is 112 Å². The highest BCUT2D eigenvalue weighted by atomic mass is 16.5. The Bertz CT molecular complexity index is 1480. The van der Waals surface area contributed by atoms with Crippen LogP contribution in [0.15, 0.2) is 35.9 Å². The van der Waals surface area contributed by atoms with Gasteiger partial charge in [0.25, 0.3) is 5.91 Å². The molecule has 0 aliphatic heterocycles. The van der Waals surface area contributed by atoms with Crippen molar-refractivity contribution in [1.29, 1.82) is 0 Å². The van der Waals surface area contributed by atoms with E-state index in [0.717, 1.165) is 57.8 Å². The number of aliphatic hydroxyl groups excluding tert-OH is 1. The highest BCUT2D eigenvalue weighted by molar-refractivity contribution is 5.96. The molecule has 5 aliphatic carbocycles. The van der Waals surface area contributed by atoms with Gasteiger partial charge in [0.2, 0.25) is 5.91 Å². The normalized spacial score (nSPS) is 42.1. The lowest BCUT2D eigenvalue weighted by Crippen LogP contribution is -2.66. The van der Waals surface area contributed by atoms with Crippen LogP contribution in [0.1, 0.15) is 117 Å². The minimum Gasteiger partial charge on any atom is -0.497 e. The quantitative estimate of drug-likeness (QED) is 0.292. The van der Waals surface area contributed by atoms with Gasteiger partial charge in [-0.15, -0.1) is 0 Å². The molecule has 7 nitrogen and oxygen atoms in total. The molecule has 0 aromatic heterocycles. The lowest BCUT2D eigenvalue weighted by atomic mass is 9.33. The average molecular weight is 647 g/mol. The van der Waals surface area contributed by atoms with Crippen LogP contribution in [0, 0.1) is 50.2 Å². The highest BCUT2D eigenvalue weighted by Gasteiger charge is 2.70. The summed E-state index contributed by atoms with van der Waals surface area (Å²) in [6, 6.07) is 7.03. The minimum absolute atomic E-state index is 0.0327. The van der Waals surface area contributed by atoms with Crippen LogP contribution in [0.2, 0.25) is 0 Å². The second kappa shape index (κ2) is 11.5. The number of carbonyl (C=O) groups excluding carboxylic acids is 3. The number of rotatable bonds is 6. The maximum absolute atomic E-state index is 14.6. The van der Waals surface area contributed by atoms with Crippen LogP contribution < -0.4 is 15.4 Å². The second-order valence-corrected chi connectivity index (χ2v) is 17.9. The van der Waals surface area contributed by atoms with Gasteiger partial charge in [-0.2, -0.15) is 0 Å². The van der Waals surface area contributed by atoms with Crippen LogP contribution in [0.5, 0.6) is 5.75 Å². The molecule has 47 heavy (non-hydrogen) atoms. The molecule has 1 aromatic rings. The lowest BCUT2D eigenvalue weighted by Gasteiger charge is -2.70. The summed E-state index contributed by atoms with van der Waals surface area (Å²) in [4.78, 5) is 41.0. The fourth-order valence-electron chi connectivity index (χ4n) is 11.8. The number of aliphatic hydroxyl groups is 1. The van der Waals surface area contributed by atoms with Crippen molar-refractivity contribution in [1.82, 2.24) is 10.6 Å². The summed E-state index contributed by atoms with van der Waals surface area (Å²) in [5.41, 5.74) is 0.734. The van der Waals surface area contributed by atoms with E-state index in [1.807, 2.05) is 0 Å². The Balaban J connectivity index is 1.20. The van der Waals surface area contributed by atoms with E-state index in [4.69, 9.17) is 4.74 Å². The second-order valence-electron chi connectivity index (χ2n) is 17.9. The van der Waals surface area contributed by atoms with E-state index in [1.54, 1.807) is 31.4 Å². The number of ketones is 1. The first-order chi connectivity index (χ1) is 21.9. The van der Waals surface area contributed by atoms with Crippen molar-refractivity contribution in [2.24, 2.45) is 50.2 Å². The van der Waals surface area contributed by atoms with Gasteiger partial charge < -0.3 is 20.5 Å². The average Bonchev–Trinajstić information content (AvgIpc) is 3.03. The molecule has 258 valence electrons. The van der Waals surface area contributed by atoms with E-state index < -0.39 is 5.41 Å². The van der Waals surface area contributed by atoms with Gasteiger partial charge in [-0.05, 0) is 121 Å². The Morgan fingerprint density at radius 1 is 0.915 bits per heavy atom. The van der Waals surface area contributed by atoms with Gasteiger partial charge in [-0.25, -0.2) is 0 Å². The molecule has 6 rings (SSSR count). The summed E-state index contributed by atoms with van der Waals surface area (Å²) in [6.45, 7) is 16.8. The predicted molar refractivity (Wildman–Crippen MR) is 184 cm³/mol. The lowest BCUT2D eigenvalue weighted by molar-refractivity contribution is -0.202. The molecule has 4 saturated carbocycles. The van der Waals surface area contributed by atoms with Crippen LogP contribution in [0.4, 0.5) is 0 Å². The van der Waals surface area contributed by atoms with Gasteiger partial charge in [0.15, 0.2) is 5.78 Å². The molecule has 1 aromatic carbocycles. The Kier molecular flexibility index (Phi) is 8.34. The van der Waals surface area contributed by atoms with Gasteiger partial charge in [0.05, 0.1) is 13.2 Å². The van der Waals surface area contributed by atoms with Crippen LogP contribution in [0.25, 0.3) is 0 Å². The number of allylic oxidation sites excluding steroid dienone is 2. The molecule has 0 saturated heterocycles. The third kappa shape index (κ3) is 5.11. The van der Waals surface area contributed by atoms with Crippen molar-refractivity contribution >= 4 is 17.6 Å². The number of carbonyl (C=O) groups is 3. The molecule has 4 fully saturated rings. The SMILES string of the molecule is COc1cccc(C(=O)NCCNC(=O)[C@@]2(C)CC[C@]3(C)CC[C@]4(C)C(=CC(=O)[C@@H]5[C@@]6(C)CC[C@H](O)C(C)(C)C6CC[C@]54C)[C@H]3C2)c1. The van der Waals surface area contributed by atoms with Gasteiger partial charge in [-0.3, -0.25) is 14.4 Å². The third-order valence-electron chi connectivity index (χ3n) is 15.1. The maximum atomic E-state index is 14.6. The monoisotopic (exact) mass is 646 g/mol. The fourth-order valence-corrected chi connectivity index (χ4v) is 11.8. The number of ether oxygens (including phenoxy) is 1. The van der Waals surface area contributed by atoms with Crippen LogP contribution in [0.3, 0.4) is 0 Å². The number of methoxy groups -OCH3 is 1. The molecule has 0 heterocycles. The Morgan fingerprint density at radius 2 is 1.62 bits per heavy atom. The topological polar surface area (TPSA) is 105 Å². The maximum Gasteiger partial charge on any atom is 0.251 e. The van der Waals surface area contributed by atoms with E-state index in [0.29, 0.717) is 30.3 Å². The number of nitrogens with one attached hydrogen (secondary N) is 2. The van der Waals surface area contributed by atoms with Crippen molar-refractivity contribution in [2.75, 3.05) is 20.2 Å². The Hall–Kier alpha value is -2.67. The van der Waals surface area contributed by atoms with Crippen LogP contribution in [-0.4, -0.2) is 49.0 Å². The van der Waals surface area contributed by atoms with E-state index in [1.165, 1.54) is 5.57 Å². The highest BCUT2D eigenvalue weighted by Crippen LogP contribution is 2.75. The van der Waals surface area contributed by atoms with Gasteiger partial charge >= 0.3 is 0 Å².